The summed E-state index contributed by atoms with van der Waals surface area (Å²) in [6.07, 6.45) is 1.11. The lowest BCUT2D eigenvalue weighted by atomic mass is 10.1. The minimum atomic E-state index is -0.779. The molecular formula is C16H16N4O3S. The van der Waals surface area contributed by atoms with Crippen molar-refractivity contribution in [1.29, 1.82) is 0 Å². The molecule has 1 aromatic carbocycles. The topological polar surface area (TPSA) is 92.3 Å². The molecule has 0 saturated heterocycles. The molecular weight excluding hydrogens is 328 g/mol. The molecule has 3 rings (SSSR count). The van der Waals surface area contributed by atoms with Gasteiger partial charge in [-0.15, -0.1) is 10.2 Å². The maximum absolute atomic E-state index is 12.6. The van der Waals surface area contributed by atoms with Crippen molar-refractivity contribution in [3.63, 3.8) is 0 Å². The predicted octanol–water partition coefficient (Wildman–Crippen LogP) is 2.05. The number of anilines is 2. The quantitative estimate of drug-likeness (QED) is 0.838. The number of benzene rings is 1. The first kappa shape index (κ1) is 16.3. The standard InChI is InChI=1S/C16H16N4O3S/c1-3-10(14(22)17-16-19-18-12(4-2)24-16)20-11-8-6-5-7-9(11)13(21)15(20)23/h5-8,10H,3-4H2,1-2H3,(H,17,19,22). The summed E-state index contributed by atoms with van der Waals surface area (Å²) in [5, 5.41) is 11.8. The van der Waals surface area contributed by atoms with Gasteiger partial charge < -0.3 is 0 Å². The molecule has 7 nitrogen and oxygen atoms in total. The molecule has 0 fully saturated rings. The Bertz CT molecular complexity index is 817. The van der Waals surface area contributed by atoms with E-state index in [9.17, 15) is 14.4 Å². The zero-order chi connectivity index (χ0) is 17.3. The van der Waals surface area contributed by atoms with Crippen molar-refractivity contribution in [3.05, 3.63) is 34.8 Å². The fourth-order valence-corrected chi connectivity index (χ4v) is 3.32. The summed E-state index contributed by atoms with van der Waals surface area (Å²) in [5.74, 6) is -1.64. The van der Waals surface area contributed by atoms with Crippen LogP contribution in [-0.2, 0) is 16.0 Å². The van der Waals surface area contributed by atoms with Crippen LogP contribution < -0.4 is 10.2 Å². The van der Waals surface area contributed by atoms with Crippen molar-refractivity contribution in [2.45, 2.75) is 32.7 Å². The number of aromatic nitrogens is 2. The van der Waals surface area contributed by atoms with Gasteiger partial charge in [-0.2, -0.15) is 0 Å². The molecule has 1 atom stereocenters. The summed E-state index contributed by atoms with van der Waals surface area (Å²) in [4.78, 5) is 38.3. The van der Waals surface area contributed by atoms with Gasteiger partial charge >= 0.3 is 0 Å². The Morgan fingerprint density at radius 1 is 1.25 bits per heavy atom. The molecule has 1 unspecified atom stereocenters. The molecule has 0 saturated carbocycles. The van der Waals surface area contributed by atoms with Gasteiger partial charge in [-0.25, -0.2) is 0 Å². The highest BCUT2D eigenvalue weighted by Crippen LogP contribution is 2.31. The van der Waals surface area contributed by atoms with E-state index in [1.807, 2.05) is 6.92 Å². The number of carbonyl (C=O) groups is 3. The lowest BCUT2D eigenvalue weighted by molar-refractivity contribution is -0.121. The number of nitrogens with one attached hydrogen (secondary N) is 1. The second-order valence-corrected chi connectivity index (χ2v) is 6.35. The number of Topliss-reactive ketones (excluding diaryl/α,β-unsaturated/α-hetero) is 1. The number of ketones is 1. The monoisotopic (exact) mass is 344 g/mol. The van der Waals surface area contributed by atoms with Crippen LogP contribution in [0.15, 0.2) is 24.3 Å². The van der Waals surface area contributed by atoms with Crippen LogP contribution in [0.1, 0.15) is 35.6 Å². The van der Waals surface area contributed by atoms with Crippen molar-refractivity contribution < 1.29 is 14.4 Å². The van der Waals surface area contributed by atoms with Crippen molar-refractivity contribution in [3.8, 4) is 0 Å². The van der Waals surface area contributed by atoms with E-state index in [-0.39, 0.29) is 5.91 Å². The summed E-state index contributed by atoms with van der Waals surface area (Å²) in [6, 6.07) is 5.93. The second-order valence-electron chi connectivity index (χ2n) is 5.29. The Kier molecular flexibility index (Phi) is 4.39. The fourth-order valence-electron chi connectivity index (χ4n) is 2.64. The first-order valence-corrected chi connectivity index (χ1v) is 8.48. The normalized spacial score (nSPS) is 14.7. The zero-order valence-corrected chi connectivity index (χ0v) is 14.1. The SMILES string of the molecule is CCc1nnc(NC(=O)C(CC)N2C(=O)C(=O)c3ccccc32)s1. The summed E-state index contributed by atoms with van der Waals surface area (Å²) in [6.45, 7) is 3.74. The van der Waals surface area contributed by atoms with Gasteiger partial charge in [0.15, 0.2) is 0 Å². The predicted molar refractivity (Wildman–Crippen MR) is 90.3 cm³/mol. The van der Waals surface area contributed by atoms with E-state index in [1.165, 1.54) is 16.2 Å². The first-order chi connectivity index (χ1) is 11.6. The highest BCUT2D eigenvalue weighted by Gasteiger charge is 2.41. The number of carbonyl (C=O) groups excluding carboxylic acids is 3. The van der Waals surface area contributed by atoms with Crippen LogP contribution in [-0.4, -0.2) is 33.8 Å². The zero-order valence-electron chi connectivity index (χ0n) is 13.3. The molecule has 0 bridgehead atoms. The summed E-state index contributed by atoms with van der Waals surface area (Å²) in [7, 11) is 0. The van der Waals surface area contributed by atoms with Gasteiger partial charge in [-0.05, 0) is 25.0 Å². The van der Waals surface area contributed by atoms with Crippen LogP contribution in [0.4, 0.5) is 10.8 Å². The molecule has 8 heteroatoms. The molecule has 0 radical (unpaired) electrons. The molecule has 2 aromatic rings. The number of nitrogens with zero attached hydrogens (tertiary/aromatic N) is 3. The molecule has 0 aliphatic carbocycles. The molecule has 2 heterocycles. The number of amides is 2. The van der Waals surface area contributed by atoms with Crippen LogP contribution in [0, 0.1) is 0 Å². The molecule has 0 spiro atoms. The largest absolute Gasteiger partial charge is 0.300 e. The Labute approximate surface area is 142 Å². The lowest BCUT2D eigenvalue weighted by Gasteiger charge is -2.25. The van der Waals surface area contributed by atoms with Gasteiger partial charge in [0.2, 0.25) is 11.0 Å². The third-order valence-corrected chi connectivity index (χ3v) is 4.80. The van der Waals surface area contributed by atoms with Crippen molar-refractivity contribution in [1.82, 2.24) is 10.2 Å². The Morgan fingerprint density at radius 3 is 2.67 bits per heavy atom. The van der Waals surface area contributed by atoms with E-state index in [0.29, 0.717) is 22.8 Å². The highest BCUT2D eigenvalue weighted by atomic mass is 32.1. The average molecular weight is 344 g/mol. The van der Waals surface area contributed by atoms with Gasteiger partial charge in [-0.3, -0.25) is 24.6 Å². The van der Waals surface area contributed by atoms with E-state index < -0.39 is 17.7 Å². The molecule has 1 aliphatic rings. The number of fused-ring (bicyclic) bond motifs is 1. The summed E-state index contributed by atoms with van der Waals surface area (Å²) in [5.41, 5.74) is 0.805. The molecule has 1 aromatic heterocycles. The Morgan fingerprint density at radius 2 is 2.00 bits per heavy atom. The van der Waals surface area contributed by atoms with Gasteiger partial charge in [0, 0.05) is 0 Å². The molecule has 2 amide bonds. The number of aryl methyl sites for hydroxylation is 1. The average Bonchev–Trinajstić information content (AvgIpc) is 3.14. The molecule has 1 N–H and O–H groups in total. The fraction of sp³-hybridized carbons (Fsp3) is 0.312. The molecule has 124 valence electrons. The first-order valence-electron chi connectivity index (χ1n) is 7.67. The van der Waals surface area contributed by atoms with Crippen molar-refractivity contribution in [2.75, 3.05) is 10.2 Å². The van der Waals surface area contributed by atoms with Crippen LogP contribution in [0.2, 0.25) is 0 Å². The minimum absolute atomic E-state index is 0.331. The van der Waals surface area contributed by atoms with Gasteiger partial charge in [0.05, 0.1) is 11.3 Å². The molecule has 1 aliphatic heterocycles. The van der Waals surface area contributed by atoms with Crippen molar-refractivity contribution >= 4 is 39.8 Å². The minimum Gasteiger partial charge on any atom is -0.299 e. The van der Waals surface area contributed by atoms with Gasteiger partial charge in [0.1, 0.15) is 11.0 Å². The summed E-state index contributed by atoms with van der Waals surface area (Å²) >= 11 is 1.29. The van der Waals surface area contributed by atoms with E-state index in [0.717, 1.165) is 11.4 Å². The highest BCUT2D eigenvalue weighted by molar-refractivity contribution is 7.15. The van der Waals surface area contributed by atoms with Crippen LogP contribution in [0.5, 0.6) is 0 Å². The smallest absolute Gasteiger partial charge is 0.299 e. The third-order valence-electron chi connectivity index (χ3n) is 3.82. The van der Waals surface area contributed by atoms with Gasteiger partial charge in [0.25, 0.3) is 11.7 Å². The maximum atomic E-state index is 12.6. The Hall–Kier alpha value is -2.61. The van der Waals surface area contributed by atoms with E-state index in [2.05, 4.69) is 15.5 Å². The number of hydrogen-bond acceptors (Lipinski definition) is 6. The number of rotatable bonds is 5. The van der Waals surface area contributed by atoms with E-state index in [4.69, 9.17) is 0 Å². The van der Waals surface area contributed by atoms with Crippen LogP contribution in [0.25, 0.3) is 0 Å². The van der Waals surface area contributed by atoms with Crippen LogP contribution in [0.3, 0.4) is 0 Å². The third kappa shape index (κ3) is 2.69. The summed E-state index contributed by atoms with van der Waals surface area (Å²) < 4.78 is 0. The van der Waals surface area contributed by atoms with Gasteiger partial charge in [-0.1, -0.05) is 37.3 Å². The number of hydrogen-bond donors (Lipinski definition) is 1. The maximum Gasteiger partial charge on any atom is 0.300 e. The molecule has 24 heavy (non-hydrogen) atoms. The Balaban J connectivity index is 1.87. The van der Waals surface area contributed by atoms with E-state index in [1.54, 1.807) is 31.2 Å². The lowest BCUT2D eigenvalue weighted by Crippen LogP contribution is -2.46. The second kappa shape index (κ2) is 6.48. The van der Waals surface area contributed by atoms with E-state index >= 15 is 0 Å². The van der Waals surface area contributed by atoms with Crippen molar-refractivity contribution in [2.24, 2.45) is 0 Å². The number of para-hydroxylation sites is 1. The van der Waals surface area contributed by atoms with Crippen LogP contribution >= 0.6 is 11.3 Å².